The van der Waals surface area contributed by atoms with E-state index in [4.69, 9.17) is 0 Å². The SMILES string of the molecule is CC(C)C(=O)N1CC=CC1C(=O)Nc1ccc(/C=C/c2ccc(NC(=O)C3C=CCN3C(=O)C(C)C)cc2)cc1. The highest BCUT2D eigenvalue weighted by molar-refractivity contribution is 6.00. The zero-order valence-corrected chi connectivity index (χ0v) is 23.3. The van der Waals surface area contributed by atoms with Crippen molar-refractivity contribution in [2.45, 2.75) is 39.8 Å². The fourth-order valence-electron chi connectivity index (χ4n) is 4.60. The first kappa shape index (κ1) is 28.5. The van der Waals surface area contributed by atoms with Gasteiger partial charge in [-0.15, -0.1) is 0 Å². The number of nitrogens with one attached hydrogen (secondary N) is 2. The van der Waals surface area contributed by atoms with E-state index in [-0.39, 0.29) is 35.5 Å². The molecular formula is C32H36N4O4. The Balaban J connectivity index is 1.31. The largest absolute Gasteiger partial charge is 0.324 e. The van der Waals surface area contributed by atoms with Gasteiger partial charge in [0.25, 0.3) is 11.8 Å². The van der Waals surface area contributed by atoms with Crippen LogP contribution >= 0.6 is 0 Å². The molecule has 2 aromatic carbocycles. The Morgan fingerprint density at radius 1 is 0.650 bits per heavy atom. The molecule has 208 valence electrons. The Labute approximate surface area is 235 Å². The molecule has 2 heterocycles. The van der Waals surface area contributed by atoms with Crippen molar-refractivity contribution in [3.05, 3.63) is 84.0 Å². The van der Waals surface area contributed by atoms with Crippen LogP contribution in [0.15, 0.2) is 72.8 Å². The predicted molar refractivity (Wildman–Crippen MR) is 158 cm³/mol. The number of anilines is 2. The van der Waals surface area contributed by atoms with Gasteiger partial charge < -0.3 is 20.4 Å². The maximum atomic E-state index is 12.8. The minimum absolute atomic E-state index is 0.0446. The number of carbonyl (C=O) groups excluding carboxylic acids is 4. The minimum atomic E-state index is -0.599. The third-order valence-electron chi connectivity index (χ3n) is 6.83. The summed E-state index contributed by atoms with van der Waals surface area (Å²) in [7, 11) is 0. The van der Waals surface area contributed by atoms with Crippen molar-refractivity contribution in [1.82, 2.24) is 9.80 Å². The molecule has 4 rings (SSSR count). The number of nitrogens with zero attached hydrogens (tertiary/aromatic N) is 2. The van der Waals surface area contributed by atoms with Crippen LogP contribution in [0.2, 0.25) is 0 Å². The van der Waals surface area contributed by atoms with Gasteiger partial charge in [0.1, 0.15) is 12.1 Å². The van der Waals surface area contributed by atoms with Crippen LogP contribution in [0.1, 0.15) is 38.8 Å². The molecule has 0 radical (unpaired) electrons. The molecule has 2 atom stereocenters. The van der Waals surface area contributed by atoms with Gasteiger partial charge in [0.2, 0.25) is 11.8 Å². The molecule has 0 fully saturated rings. The molecule has 0 saturated heterocycles. The Hall–Kier alpha value is -4.46. The van der Waals surface area contributed by atoms with E-state index in [1.54, 1.807) is 22.0 Å². The smallest absolute Gasteiger partial charge is 0.251 e. The van der Waals surface area contributed by atoms with E-state index in [1.165, 1.54) is 0 Å². The van der Waals surface area contributed by atoms with Gasteiger partial charge in [0, 0.05) is 36.3 Å². The lowest BCUT2D eigenvalue weighted by Crippen LogP contribution is -2.45. The van der Waals surface area contributed by atoms with Crippen molar-refractivity contribution in [2.75, 3.05) is 23.7 Å². The highest BCUT2D eigenvalue weighted by Gasteiger charge is 2.32. The average Bonchev–Trinajstić information content (AvgIpc) is 3.63. The standard InChI is InChI=1S/C32H36N4O4/c1-21(2)31(39)35-19-5-7-27(35)29(37)33-25-15-11-23(12-16-25)9-10-24-13-17-26(18-14-24)34-30(38)28-8-6-20-36(28)32(40)22(3)4/h5-18,21-22,27-28H,19-20H2,1-4H3,(H,33,37)(H,34,38)/b10-9+. The number of benzene rings is 2. The van der Waals surface area contributed by atoms with Crippen LogP contribution in [0.5, 0.6) is 0 Å². The van der Waals surface area contributed by atoms with Gasteiger partial charge in [-0.2, -0.15) is 0 Å². The lowest BCUT2D eigenvalue weighted by molar-refractivity contribution is -0.138. The van der Waals surface area contributed by atoms with Gasteiger partial charge in [-0.3, -0.25) is 19.2 Å². The normalized spacial score (nSPS) is 18.2. The van der Waals surface area contributed by atoms with Crippen molar-refractivity contribution < 1.29 is 19.2 Å². The number of hydrogen-bond donors (Lipinski definition) is 2. The zero-order chi connectivity index (χ0) is 28.8. The van der Waals surface area contributed by atoms with Crippen molar-refractivity contribution in [2.24, 2.45) is 11.8 Å². The molecule has 0 saturated carbocycles. The summed E-state index contributed by atoms with van der Waals surface area (Å²) in [5.41, 5.74) is 3.22. The summed E-state index contributed by atoms with van der Waals surface area (Å²) in [4.78, 5) is 53.5. The second-order valence-corrected chi connectivity index (χ2v) is 10.6. The molecule has 40 heavy (non-hydrogen) atoms. The van der Waals surface area contributed by atoms with Crippen LogP contribution in [-0.2, 0) is 19.2 Å². The van der Waals surface area contributed by atoms with Gasteiger partial charge in [-0.25, -0.2) is 0 Å². The Morgan fingerprint density at radius 2 is 1.00 bits per heavy atom. The van der Waals surface area contributed by atoms with E-state index < -0.39 is 12.1 Å². The van der Waals surface area contributed by atoms with Crippen LogP contribution in [0.25, 0.3) is 12.2 Å². The first-order chi connectivity index (χ1) is 19.1. The van der Waals surface area contributed by atoms with Crippen molar-refractivity contribution >= 4 is 47.2 Å². The molecule has 0 bridgehead atoms. The second-order valence-electron chi connectivity index (χ2n) is 10.6. The van der Waals surface area contributed by atoms with Crippen molar-refractivity contribution in [3.63, 3.8) is 0 Å². The molecule has 0 aromatic heterocycles. The highest BCUT2D eigenvalue weighted by atomic mass is 16.2. The molecule has 8 nitrogen and oxygen atoms in total. The Kier molecular flexibility index (Phi) is 8.99. The fraction of sp³-hybridized carbons (Fsp3) is 0.312. The zero-order valence-electron chi connectivity index (χ0n) is 23.3. The van der Waals surface area contributed by atoms with Gasteiger partial charge in [-0.05, 0) is 35.4 Å². The topological polar surface area (TPSA) is 98.8 Å². The number of carbonyl (C=O) groups is 4. The highest BCUT2D eigenvalue weighted by Crippen LogP contribution is 2.20. The van der Waals surface area contributed by atoms with Crippen LogP contribution in [-0.4, -0.2) is 58.6 Å². The van der Waals surface area contributed by atoms with Gasteiger partial charge in [0.15, 0.2) is 0 Å². The van der Waals surface area contributed by atoms with Gasteiger partial charge >= 0.3 is 0 Å². The van der Waals surface area contributed by atoms with Crippen molar-refractivity contribution in [1.29, 1.82) is 0 Å². The maximum absolute atomic E-state index is 12.8. The van der Waals surface area contributed by atoms with E-state index in [2.05, 4.69) is 10.6 Å². The number of amides is 4. The summed E-state index contributed by atoms with van der Waals surface area (Å²) >= 11 is 0. The minimum Gasteiger partial charge on any atom is -0.324 e. The summed E-state index contributed by atoms with van der Waals surface area (Å²) in [5, 5.41) is 5.79. The molecule has 8 heteroatoms. The molecule has 2 N–H and O–H groups in total. The molecule has 0 aliphatic carbocycles. The molecule has 2 aromatic rings. The quantitative estimate of drug-likeness (QED) is 0.378. The van der Waals surface area contributed by atoms with Crippen LogP contribution in [0.4, 0.5) is 11.4 Å². The lowest BCUT2D eigenvalue weighted by atomic mass is 10.1. The third kappa shape index (κ3) is 6.75. The number of hydrogen-bond acceptors (Lipinski definition) is 4. The monoisotopic (exact) mass is 540 g/mol. The van der Waals surface area contributed by atoms with Crippen LogP contribution < -0.4 is 10.6 Å². The molecule has 2 aliphatic rings. The van der Waals surface area contributed by atoms with Crippen LogP contribution in [0, 0.1) is 11.8 Å². The van der Waals surface area contributed by atoms with E-state index in [1.807, 2.05) is 101 Å². The van der Waals surface area contributed by atoms with E-state index >= 15 is 0 Å². The number of rotatable bonds is 8. The second kappa shape index (κ2) is 12.6. The molecule has 2 aliphatic heterocycles. The Bertz CT molecular complexity index is 1240. The summed E-state index contributed by atoms with van der Waals surface area (Å²) in [5.74, 6) is -0.896. The van der Waals surface area contributed by atoms with Crippen LogP contribution in [0.3, 0.4) is 0 Å². The first-order valence-corrected chi connectivity index (χ1v) is 13.6. The van der Waals surface area contributed by atoms with Gasteiger partial charge in [0.05, 0.1) is 0 Å². The summed E-state index contributed by atoms with van der Waals surface area (Å²) in [6.07, 6.45) is 11.1. The van der Waals surface area contributed by atoms with E-state index in [0.717, 1.165) is 11.1 Å². The summed E-state index contributed by atoms with van der Waals surface area (Å²) in [6.45, 7) is 8.20. The van der Waals surface area contributed by atoms with Gasteiger partial charge in [-0.1, -0.05) is 88.4 Å². The third-order valence-corrected chi connectivity index (χ3v) is 6.83. The van der Waals surface area contributed by atoms with E-state index in [0.29, 0.717) is 24.5 Å². The maximum Gasteiger partial charge on any atom is 0.251 e. The average molecular weight is 541 g/mol. The molecular weight excluding hydrogens is 504 g/mol. The first-order valence-electron chi connectivity index (χ1n) is 13.6. The molecule has 2 unspecified atom stereocenters. The van der Waals surface area contributed by atoms with Crippen molar-refractivity contribution in [3.8, 4) is 0 Å². The van der Waals surface area contributed by atoms with E-state index in [9.17, 15) is 19.2 Å². The summed E-state index contributed by atoms with van der Waals surface area (Å²) < 4.78 is 0. The lowest BCUT2D eigenvalue weighted by Gasteiger charge is -2.25. The predicted octanol–water partition coefficient (Wildman–Crippen LogP) is 4.58. The molecule has 0 spiro atoms. The fourth-order valence-corrected chi connectivity index (χ4v) is 4.60. The Morgan fingerprint density at radius 3 is 1.32 bits per heavy atom. The molecule has 4 amide bonds. The summed E-state index contributed by atoms with van der Waals surface area (Å²) in [6, 6.07) is 13.7.